The van der Waals surface area contributed by atoms with Crippen molar-refractivity contribution in [3.8, 4) is 0 Å². The molecule has 0 fully saturated rings. The van der Waals surface area contributed by atoms with Crippen molar-refractivity contribution in [1.29, 1.82) is 0 Å². The van der Waals surface area contributed by atoms with Crippen LogP contribution in [0.15, 0.2) is 0 Å². The van der Waals surface area contributed by atoms with Crippen LogP contribution < -0.4 is 5.32 Å². The fraction of sp³-hybridized carbons (Fsp3) is 0.800. The molecule has 0 amide bonds. The maximum absolute atomic E-state index is 12.3. The van der Waals surface area contributed by atoms with E-state index in [4.69, 9.17) is 0 Å². The smallest absolute Gasteiger partial charge is 0.249 e. The highest BCUT2D eigenvalue weighted by Gasteiger charge is 1.99. The minimum Gasteiger partial charge on any atom is -0.249 e. The lowest BCUT2D eigenvalue weighted by molar-refractivity contribution is -0.472. The first-order chi connectivity index (χ1) is 3.68. The van der Waals surface area contributed by atoms with Gasteiger partial charge < -0.3 is 0 Å². The zero-order valence-electron chi connectivity index (χ0n) is 5.53. The van der Waals surface area contributed by atoms with E-state index in [2.05, 4.69) is 5.32 Å². The van der Waals surface area contributed by atoms with Crippen molar-refractivity contribution in [3.05, 3.63) is 0 Å². The molecular weight excluding hydrogens is 107 g/mol. The number of hydrogen-bond donors (Lipinski definition) is 1. The first-order valence-corrected chi connectivity index (χ1v) is 2.62. The van der Waals surface area contributed by atoms with Crippen LogP contribution in [0.5, 0.6) is 0 Å². The SMILES string of the molecule is CCNC(F)=[N+](C)C. The molecule has 0 saturated carbocycles. The maximum atomic E-state index is 12.3. The van der Waals surface area contributed by atoms with E-state index in [0.29, 0.717) is 6.54 Å². The van der Waals surface area contributed by atoms with Gasteiger partial charge in [-0.1, -0.05) is 0 Å². The van der Waals surface area contributed by atoms with Gasteiger partial charge >= 0.3 is 6.09 Å². The van der Waals surface area contributed by atoms with Crippen LogP contribution in [0.2, 0.25) is 0 Å². The number of hydrogen-bond acceptors (Lipinski definition) is 0. The van der Waals surface area contributed by atoms with Crippen LogP contribution in [0.25, 0.3) is 0 Å². The first kappa shape index (κ1) is 7.40. The van der Waals surface area contributed by atoms with E-state index in [-0.39, 0.29) is 6.09 Å². The Hall–Kier alpha value is -0.600. The van der Waals surface area contributed by atoms with Gasteiger partial charge in [-0.05, 0) is 6.92 Å². The molecule has 0 spiro atoms. The Labute approximate surface area is 49.0 Å². The minimum absolute atomic E-state index is 0.285. The van der Waals surface area contributed by atoms with Gasteiger partial charge in [-0.25, -0.2) is 9.89 Å². The lowest BCUT2D eigenvalue weighted by Crippen LogP contribution is -2.25. The Balaban J connectivity index is 3.62. The molecule has 0 bridgehead atoms. The average Bonchev–Trinajstić information content (AvgIpc) is 1.67. The van der Waals surface area contributed by atoms with Crippen LogP contribution in [-0.2, 0) is 0 Å². The van der Waals surface area contributed by atoms with Crippen LogP contribution in [0.3, 0.4) is 0 Å². The molecule has 1 N–H and O–H groups in total. The molecule has 8 heavy (non-hydrogen) atoms. The first-order valence-electron chi connectivity index (χ1n) is 2.62. The zero-order chi connectivity index (χ0) is 6.57. The summed E-state index contributed by atoms with van der Waals surface area (Å²) in [5.74, 6) is 0. The largest absolute Gasteiger partial charge is 0.433 e. The lowest BCUT2D eigenvalue weighted by atomic mass is 10.7. The van der Waals surface area contributed by atoms with Gasteiger partial charge in [0, 0.05) is 0 Å². The van der Waals surface area contributed by atoms with Gasteiger partial charge in [0.15, 0.2) is 0 Å². The van der Waals surface area contributed by atoms with E-state index < -0.39 is 0 Å². The molecule has 0 aliphatic rings. The van der Waals surface area contributed by atoms with Crippen LogP contribution in [0.1, 0.15) is 6.92 Å². The topological polar surface area (TPSA) is 15.0 Å². The number of nitrogens with zero attached hydrogens (tertiary/aromatic N) is 1. The van der Waals surface area contributed by atoms with Gasteiger partial charge in [0.05, 0.1) is 20.6 Å². The predicted molar refractivity (Wildman–Crippen MR) is 31.9 cm³/mol. The molecule has 0 unspecified atom stereocenters. The molecule has 0 aliphatic carbocycles. The number of nitrogens with one attached hydrogen (secondary N) is 1. The van der Waals surface area contributed by atoms with Gasteiger partial charge in [-0.2, -0.15) is 0 Å². The molecule has 0 aromatic carbocycles. The summed E-state index contributed by atoms with van der Waals surface area (Å²) in [6.07, 6.45) is -0.285. The van der Waals surface area contributed by atoms with Crippen LogP contribution >= 0.6 is 0 Å². The van der Waals surface area contributed by atoms with E-state index in [9.17, 15) is 4.39 Å². The molecule has 48 valence electrons. The molecule has 0 aliphatic heterocycles. The summed E-state index contributed by atoms with van der Waals surface area (Å²) in [4.78, 5) is 0. The standard InChI is InChI=1S/C5H11FN2/c1-4-7-5(6)8(2)3/h4H2,1-3H3/p+1. The minimum atomic E-state index is -0.285. The second kappa shape index (κ2) is 3.41. The molecule has 3 heteroatoms. The van der Waals surface area contributed by atoms with E-state index in [0.717, 1.165) is 0 Å². The summed E-state index contributed by atoms with van der Waals surface area (Å²) >= 11 is 0. The predicted octanol–water partition coefficient (Wildman–Crippen LogP) is 0.194. The molecule has 2 nitrogen and oxygen atoms in total. The van der Waals surface area contributed by atoms with Gasteiger partial charge in [0.2, 0.25) is 0 Å². The van der Waals surface area contributed by atoms with Gasteiger partial charge in [-0.15, -0.1) is 4.39 Å². The third kappa shape index (κ3) is 2.55. The fourth-order valence-corrected chi connectivity index (χ4v) is 0.304. The van der Waals surface area contributed by atoms with Crippen molar-refractivity contribution < 1.29 is 8.97 Å². The third-order valence-electron chi connectivity index (χ3n) is 0.715. The molecule has 0 radical (unpaired) electrons. The second-order valence-electron chi connectivity index (χ2n) is 1.72. The summed E-state index contributed by atoms with van der Waals surface area (Å²) < 4.78 is 13.6. The average molecular weight is 119 g/mol. The van der Waals surface area contributed by atoms with Crippen molar-refractivity contribution in [2.45, 2.75) is 6.92 Å². The highest BCUT2D eigenvalue weighted by Crippen LogP contribution is 1.68. The highest BCUT2D eigenvalue weighted by molar-refractivity contribution is 5.66. The Morgan fingerprint density at radius 2 is 2.12 bits per heavy atom. The molecule has 0 rings (SSSR count). The Morgan fingerprint density at radius 3 is 2.25 bits per heavy atom. The van der Waals surface area contributed by atoms with Crippen LogP contribution in [0.4, 0.5) is 4.39 Å². The Bertz CT molecular complexity index is 94.6. The monoisotopic (exact) mass is 119 g/mol. The fourth-order valence-electron chi connectivity index (χ4n) is 0.304. The molecular formula is C5H12FN2+. The van der Waals surface area contributed by atoms with Crippen LogP contribution in [0, 0.1) is 0 Å². The molecule has 0 aromatic heterocycles. The van der Waals surface area contributed by atoms with Gasteiger partial charge in [0.25, 0.3) is 0 Å². The normalized spacial score (nSPS) is 8.50. The van der Waals surface area contributed by atoms with E-state index >= 15 is 0 Å². The summed E-state index contributed by atoms with van der Waals surface area (Å²) in [5.41, 5.74) is 0. The second-order valence-corrected chi connectivity index (χ2v) is 1.72. The molecule has 0 atom stereocenters. The summed E-state index contributed by atoms with van der Waals surface area (Å²) in [6, 6.07) is 0. The molecule has 0 heterocycles. The molecule has 0 aromatic rings. The summed E-state index contributed by atoms with van der Waals surface area (Å²) in [6.45, 7) is 2.48. The van der Waals surface area contributed by atoms with Crippen molar-refractivity contribution in [2.24, 2.45) is 0 Å². The number of halogens is 1. The van der Waals surface area contributed by atoms with Crippen molar-refractivity contribution in [2.75, 3.05) is 20.6 Å². The quantitative estimate of drug-likeness (QED) is 0.225. The zero-order valence-corrected chi connectivity index (χ0v) is 5.53. The van der Waals surface area contributed by atoms with E-state index in [1.165, 1.54) is 4.58 Å². The van der Waals surface area contributed by atoms with Gasteiger partial charge in [-0.3, -0.25) is 0 Å². The van der Waals surface area contributed by atoms with Gasteiger partial charge in [0.1, 0.15) is 0 Å². The third-order valence-corrected chi connectivity index (χ3v) is 0.715. The summed E-state index contributed by atoms with van der Waals surface area (Å²) in [5, 5.41) is 2.52. The summed E-state index contributed by atoms with van der Waals surface area (Å²) in [7, 11) is 3.30. The van der Waals surface area contributed by atoms with E-state index in [1.54, 1.807) is 14.1 Å². The number of amidine groups is 1. The van der Waals surface area contributed by atoms with Crippen LogP contribution in [-0.4, -0.2) is 31.3 Å². The number of rotatable bonds is 1. The highest BCUT2D eigenvalue weighted by atomic mass is 19.1. The Morgan fingerprint density at radius 1 is 1.62 bits per heavy atom. The van der Waals surface area contributed by atoms with Crippen molar-refractivity contribution in [1.82, 2.24) is 5.32 Å². The lowest BCUT2D eigenvalue weighted by Gasteiger charge is -1.91. The van der Waals surface area contributed by atoms with Crippen molar-refractivity contribution >= 4 is 6.09 Å². The van der Waals surface area contributed by atoms with E-state index in [1.807, 2.05) is 6.92 Å². The maximum Gasteiger partial charge on any atom is 0.433 e. The van der Waals surface area contributed by atoms with Crippen molar-refractivity contribution in [3.63, 3.8) is 0 Å². The molecule has 0 saturated heterocycles. The Kier molecular flexibility index (Phi) is 3.15.